The second-order valence-electron chi connectivity index (χ2n) is 4.07. The van der Waals surface area contributed by atoms with Crippen LogP contribution in [0.2, 0.25) is 5.02 Å². The van der Waals surface area contributed by atoms with Crippen molar-refractivity contribution in [1.82, 2.24) is 14.8 Å². The van der Waals surface area contributed by atoms with Crippen molar-refractivity contribution in [3.63, 3.8) is 0 Å². The molecule has 1 aromatic carbocycles. The minimum atomic E-state index is -0.315. The van der Waals surface area contributed by atoms with Crippen molar-refractivity contribution in [3.05, 3.63) is 23.2 Å². The number of rotatable bonds is 5. The summed E-state index contributed by atoms with van der Waals surface area (Å²) in [5.74, 6) is 1.13. The monoisotopic (exact) mass is 327 g/mol. The van der Waals surface area contributed by atoms with Gasteiger partial charge in [-0.1, -0.05) is 23.4 Å². The number of esters is 1. The Morgan fingerprint density at radius 3 is 2.81 bits per heavy atom. The summed E-state index contributed by atoms with van der Waals surface area (Å²) in [6, 6.07) is 5.28. The van der Waals surface area contributed by atoms with Crippen molar-refractivity contribution in [3.8, 4) is 17.1 Å². The van der Waals surface area contributed by atoms with Crippen molar-refractivity contribution in [1.29, 1.82) is 0 Å². The van der Waals surface area contributed by atoms with Crippen LogP contribution in [0, 0.1) is 0 Å². The van der Waals surface area contributed by atoms with Crippen molar-refractivity contribution >= 4 is 29.3 Å². The van der Waals surface area contributed by atoms with Crippen LogP contribution in [0.4, 0.5) is 0 Å². The van der Waals surface area contributed by atoms with Gasteiger partial charge in [0, 0.05) is 12.1 Å². The van der Waals surface area contributed by atoms with Gasteiger partial charge in [-0.05, 0) is 18.2 Å². The molecular formula is C13H14ClN3O3S. The number of nitrogens with zero attached hydrogens (tertiary/aromatic N) is 3. The van der Waals surface area contributed by atoms with E-state index in [0.29, 0.717) is 21.8 Å². The van der Waals surface area contributed by atoms with Crippen molar-refractivity contribution < 1.29 is 14.3 Å². The molecule has 0 bridgehead atoms. The third-order valence-electron chi connectivity index (χ3n) is 2.78. The van der Waals surface area contributed by atoms with Crippen LogP contribution in [0.1, 0.15) is 0 Å². The Hall–Kier alpha value is -1.73. The molecule has 0 unspecified atom stereocenters. The minimum Gasteiger partial charge on any atom is -0.496 e. The van der Waals surface area contributed by atoms with Crippen LogP contribution in [-0.2, 0) is 16.6 Å². The van der Waals surface area contributed by atoms with Gasteiger partial charge in [-0.25, -0.2) is 0 Å². The van der Waals surface area contributed by atoms with E-state index >= 15 is 0 Å². The molecule has 0 amide bonds. The van der Waals surface area contributed by atoms with Gasteiger partial charge < -0.3 is 14.0 Å². The largest absolute Gasteiger partial charge is 0.496 e. The zero-order valence-electron chi connectivity index (χ0n) is 11.8. The van der Waals surface area contributed by atoms with Crippen molar-refractivity contribution in [2.24, 2.45) is 7.05 Å². The van der Waals surface area contributed by atoms with E-state index in [4.69, 9.17) is 16.3 Å². The van der Waals surface area contributed by atoms with Crippen LogP contribution in [0.15, 0.2) is 23.4 Å². The Labute approximate surface area is 131 Å². The third-order valence-corrected chi connectivity index (χ3v) is 4.01. The number of hydrogen-bond donors (Lipinski definition) is 0. The molecular weight excluding hydrogens is 314 g/mol. The maximum atomic E-state index is 11.2. The zero-order chi connectivity index (χ0) is 15.4. The SMILES string of the molecule is COC(=O)CSc1nnc(-c2cc(Cl)ccc2OC)n1C. The standard InChI is InChI=1S/C13H14ClN3O3S/c1-17-12(9-6-8(14)4-5-10(9)19-2)15-16-13(17)21-7-11(18)20-3/h4-6H,7H2,1-3H3. The topological polar surface area (TPSA) is 66.2 Å². The van der Waals surface area contributed by atoms with Crippen LogP contribution in [0.25, 0.3) is 11.4 Å². The highest BCUT2D eigenvalue weighted by Gasteiger charge is 2.16. The molecule has 21 heavy (non-hydrogen) atoms. The number of carbonyl (C=O) groups excluding carboxylic acids is 1. The van der Waals surface area contributed by atoms with Crippen LogP contribution in [0.5, 0.6) is 5.75 Å². The predicted molar refractivity (Wildman–Crippen MR) is 80.7 cm³/mol. The Bertz CT molecular complexity index is 660. The molecule has 2 aromatic rings. The molecule has 2 rings (SSSR count). The molecule has 0 aliphatic carbocycles. The molecule has 1 heterocycles. The molecule has 0 saturated heterocycles. The number of halogens is 1. The average molecular weight is 328 g/mol. The summed E-state index contributed by atoms with van der Waals surface area (Å²) < 4.78 is 11.7. The number of aromatic nitrogens is 3. The first-order chi connectivity index (χ1) is 10.1. The molecule has 1 aromatic heterocycles. The lowest BCUT2D eigenvalue weighted by Crippen LogP contribution is -2.04. The maximum Gasteiger partial charge on any atom is 0.316 e. The van der Waals surface area contributed by atoms with Gasteiger partial charge in [-0.3, -0.25) is 4.79 Å². The highest BCUT2D eigenvalue weighted by atomic mass is 35.5. The zero-order valence-corrected chi connectivity index (χ0v) is 13.4. The van der Waals surface area contributed by atoms with Gasteiger partial charge in [0.05, 0.1) is 25.5 Å². The van der Waals surface area contributed by atoms with E-state index in [1.165, 1.54) is 18.9 Å². The van der Waals surface area contributed by atoms with E-state index in [1.54, 1.807) is 29.9 Å². The molecule has 0 aliphatic heterocycles. The first-order valence-corrected chi connectivity index (χ1v) is 7.36. The lowest BCUT2D eigenvalue weighted by Gasteiger charge is -2.08. The molecule has 0 spiro atoms. The summed E-state index contributed by atoms with van der Waals surface area (Å²) in [6.45, 7) is 0. The number of hydrogen-bond acceptors (Lipinski definition) is 6. The Balaban J connectivity index is 2.32. The first kappa shape index (κ1) is 15.7. The second kappa shape index (κ2) is 6.82. The fraction of sp³-hybridized carbons (Fsp3) is 0.308. The number of ether oxygens (including phenoxy) is 2. The lowest BCUT2D eigenvalue weighted by atomic mass is 10.2. The van der Waals surface area contributed by atoms with E-state index in [0.717, 1.165) is 5.56 Å². The molecule has 0 atom stereocenters. The Morgan fingerprint density at radius 2 is 2.14 bits per heavy atom. The Kier molecular flexibility index (Phi) is 5.08. The quantitative estimate of drug-likeness (QED) is 0.620. The molecule has 6 nitrogen and oxygen atoms in total. The van der Waals surface area contributed by atoms with Gasteiger partial charge in [0.2, 0.25) is 0 Å². The van der Waals surface area contributed by atoms with E-state index in [-0.39, 0.29) is 11.7 Å². The molecule has 0 saturated carbocycles. The third kappa shape index (κ3) is 3.48. The van der Waals surface area contributed by atoms with Crippen LogP contribution in [0.3, 0.4) is 0 Å². The summed E-state index contributed by atoms with van der Waals surface area (Å²) in [4.78, 5) is 11.2. The second-order valence-corrected chi connectivity index (χ2v) is 5.45. The van der Waals surface area contributed by atoms with E-state index in [2.05, 4.69) is 14.9 Å². The summed E-state index contributed by atoms with van der Waals surface area (Å²) in [7, 11) is 4.74. The number of carbonyl (C=O) groups is 1. The lowest BCUT2D eigenvalue weighted by molar-refractivity contribution is -0.137. The van der Waals surface area contributed by atoms with Crippen LogP contribution < -0.4 is 4.74 Å². The maximum absolute atomic E-state index is 11.2. The molecule has 0 aliphatic rings. The van der Waals surface area contributed by atoms with Gasteiger partial charge in [0.15, 0.2) is 11.0 Å². The summed E-state index contributed by atoms with van der Waals surface area (Å²) in [5, 5.41) is 9.40. The molecule has 0 radical (unpaired) electrons. The summed E-state index contributed by atoms with van der Waals surface area (Å²) >= 11 is 7.28. The summed E-state index contributed by atoms with van der Waals surface area (Å²) in [6.07, 6.45) is 0. The average Bonchev–Trinajstić information content (AvgIpc) is 2.85. The van der Waals surface area contributed by atoms with Crippen molar-refractivity contribution in [2.45, 2.75) is 5.16 Å². The van der Waals surface area contributed by atoms with Gasteiger partial charge in [0.25, 0.3) is 0 Å². The van der Waals surface area contributed by atoms with E-state index in [1.807, 2.05) is 7.05 Å². The summed E-state index contributed by atoms with van der Waals surface area (Å²) in [5.41, 5.74) is 0.741. The van der Waals surface area contributed by atoms with E-state index < -0.39 is 0 Å². The molecule has 0 fully saturated rings. The van der Waals surface area contributed by atoms with Gasteiger partial charge in [-0.15, -0.1) is 10.2 Å². The number of thioether (sulfide) groups is 1. The van der Waals surface area contributed by atoms with Crippen LogP contribution >= 0.6 is 23.4 Å². The first-order valence-electron chi connectivity index (χ1n) is 5.99. The number of benzene rings is 1. The minimum absolute atomic E-state index is 0.176. The van der Waals surface area contributed by atoms with Gasteiger partial charge in [0.1, 0.15) is 5.75 Å². The fourth-order valence-corrected chi connectivity index (χ4v) is 2.63. The normalized spacial score (nSPS) is 10.5. The fourth-order valence-electron chi connectivity index (χ4n) is 1.71. The smallest absolute Gasteiger partial charge is 0.316 e. The highest BCUT2D eigenvalue weighted by Crippen LogP contribution is 2.32. The predicted octanol–water partition coefficient (Wildman–Crippen LogP) is 2.41. The van der Waals surface area contributed by atoms with E-state index in [9.17, 15) is 4.79 Å². The van der Waals surface area contributed by atoms with Gasteiger partial charge >= 0.3 is 5.97 Å². The highest BCUT2D eigenvalue weighted by molar-refractivity contribution is 7.99. The van der Waals surface area contributed by atoms with Crippen molar-refractivity contribution in [2.75, 3.05) is 20.0 Å². The Morgan fingerprint density at radius 1 is 1.38 bits per heavy atom. The molecule has 112 valence electrons. The molecule has 0 N–H and O–H groups in total. The van der Waals surface area contributed by atoms with Gasteiger partial charge in [-0.2, -0.15) is 0 Å². The van der Waals surface area contributed by atoms with Crippen LogP contribution in [-0.4, -0.2) is 40.7 Å². The number of methoxy groups -OCH3 is 2. The molecule has 8 heteroatoms.